The highest BCUT2D eigenvalue weighted by Crippen LogP contribution is 2.39. The summed E-state index contributed by atoms with van der Waals surface area (Å²) in [5.74, 6) is 0.800. The van der Waals surface area contributed by atoms with Crippen LogP contribution in [0.5, 0.6) is 5.75 Å². The van der Waals surface area contributed by atoms with Crippen LogP contribution >= 0.6 is 0 Å². The van der Waals surface area contributed by atoms with Crippen LogP contribution in [0.3, 0.4) is 0 Å². The van der Waals surface area contributed by atoms with Gasteiger partial charge in [0.2, 0.25) is 5.82 Å². The Bertz CT molecular complexity index is 1430. The molecule has 2 heterocycles. The second kappa shape index (κ2) is 9.06. The standard InChI is InChI=1S/C27H23FN4O3/c1-16-6-4-9-21(14-16)32-17(2)23(24(29-27(32)33)18-10-12-22(34-3)13-11-18)26-30-25(31-35-26)19-7-5-8-20(28)15-19/h4-15,24H,1-3H3,(H,29,33). The Kier molecular flexibility index (Phi) is 5.78. The van der Waals surface area contributed by atoms with Gasteiger partial charge in [-0.1, -0.05) is 41.6 Å². The molecule has 176 valence electrons. The van der Waals surface area contributed by atoms with Crippen molar-refractivity contribution in [2.24, 2.45) is 0 Å². The summed E-state index contributed by atoms with van der Waals surface area (Å²) in [6, 6.07) is 20.3. The molecular formula is C27H23FN4O3. The maximum Gasteiger partial charge on any atom is 0.326 e. The molecule has 0 spiro atoms. The number of aryl methyl sites for hydroxylation is 1. The molecule has 0 bridgehead atoms. The zero-order chi connectivity index (χ0) is 24.5. The lowest BCUT2D eigenvalue weighted by Gasteiger charge is -2.35. The van der Waals surface area contributed by atoms with Crippen molar-refractivity contribution in [2.75, 3.05) is 12.0 Å². The van der Waals surface area contributed by atoms with Gasteiger partial charge in [0.1, 0.15) is 11.6 Å². The van der Waals surface area contributed by atoms with E-state index in [1.54, 1.807) is 24.1 Å². The molecule has 1 atom stereocenters. The van der Waals surface area contributed by atoms with Crippen molar-refractivity contribution in [3.63, 3.8) is 0 Å². The average molecular weight is 471 g/mol. The lowest BCUT2D eigenvalue weighted by atomic mass is 9.94. The van der Waals surface area contributed by atoms with Crippen LogP contribution in [0.4, 0.5) is 14.9 Å². The normalized spacial score (nSPS) is 15.8. The van der Waals surface area contributed by atoms with Crippen molar-refractivity contribution in [1.82, 2.24) is 15.5 Å². The molecule has 0 saturated heterocycles. The molecule has 4 aromatic rings. The number of carbonyl (C=O) groups is 1. The number of rotatable bonds is 5. The summed E-state index contributed by atoms with van der Waals surface area (Å²) in [6.45, 7) is 3.81. The van der Waals surface area contributed by atoms with E-state index in [0.29, 0.717) is 22.6 Å². The summed E-state index contributed by atoms with van der Waals surface area (Å²) < 4.78 is 24.7. The Hall–Kier alpha value is -4.46. The van der Waals surface area contributed by atoms with Crippen LogP contribution in [0.2, 0.25) is 0 Å². The minimum Gasteiger partial charge on any atom is -0.497 e. The van der Waals surface area contributed by atoms with Gasteiger partial charge in [-0.05, 0) is 61.4 Å². The number of anilines is 1. The third-order valence-corrected chi connectivity index (χ3v) is 5.93. The first-order valence-electron chi connectivity index (χ1n) is 11.1. The zero-order valence-electron chi connectivity index (χ0n) is 19.4. The molecule has 1 N–H and O–H groups in total. The van der Waals surface area contributed by atoms with Crippen molar-refractivity contribution < 1.29 is 18.4 Å². The molecular weight excluding hydrogens is 447 g/mol. The molecule has 35 heavy (non-hydrogen) atoms. The van der Waals surface area contributed by atoms with Gasteiger partial charge in [-0.15, -0.1) is 0 Å². The van der Waals surface area contributed by atoms with Crippen molar-refractivity contribution in [3.8, 4) is 17.1 Å². The number of benzene rings is 3. The first kappa shape index (κ1) is 22.3. The highest BCUT2D eigenvalue weighted by atomic mass is 19.1. The maximum atomic E-state index is 13.8. The van der Waals surface area contributed by atoms with E-state index in [2.05, 4.69) is 15.5 Å². The Morgan fingerprint density at radius 3 is 2.51 bits per heavy atom. The number of nitrogens with one attached hydrogen (secondary N) is 1. The van der Waals surface area contributed by atoms with Gasteiger partial charge in [0.15, 0.2) is 0 Å². The number of aromatic nitrogens is 2. The lowest BCUT2D eigenvalue weighted by molar-refractivity contribution is 0.244. The number of urea groups is 1. The Labute approximate surface area is 201 Å². The number of carbonyl (C=O) groups excluding carboxylic acids is 1. The molecule has 5 rings (SSSR count). The SMILES string of the molecule is COc1ccc(C2NC(=O)N(c3cccc(C)c3)C(C)=C2c2nc(-c3cccc(F)c3)no2)cc1. The van der Waals surface area contributed by atoms with E-state index in [1.165, 1.54) is 12.1 Å². The minimum atomic E-state index is -0.546. The predicted molar refractivity (Wildman–Crippen MR) is 130 cm³/mol. The average Bonchev–Trinajstić information content (AvgIpc) is 3.34. The van der Waals surface area contributed by atoms with Gasteiger partial charge in [-0.3, -0.25) is 4.90 Å². The first-order chi connectivity index (χ1) is 16.9. The predicted octanol–water partition coefficient (Wildman–Crippen LogP) is 5.89. The van der Waals surface area contributed by atoms with Crippen LogP contribution in [0, 0.1) is 12.7 Å². The molecule has 8 heteroatoms. The third kappa shape index (κ3) is 4.26. The van der Waals surface area contributed by atoms with E-state index in [4.69, 9.17) is 9.26 Å². The van der Waals surface area contributed by atoms with Crippen molar-refractivity contribution in [1.29, 1.82) is 0 Å². The van der Waals surface area contributed by atoms with Crippen LogP contribution in [0.25, 0.3) is 17.0 Å². The first-order valence-corrected chi connectivity index (χ1v) is 11.1. The molecule has 0 radical (unpaired) electrons. The van der Waals surface area contributed by atoms with E-state index in [-0.39, 0.29) is 17.7 Å². The molecule has 7 nitrogen and oxygen atoms in total. The number of methoxy groups -OCH3 is 1. The van der Waals surface area contributed by atoms with Crippen molar-refractivity contribution in [3.05, 3.63) is 101 Å². The van der Waals surface area contributed by atoms with Crippen LogP contribution in [-0.2, 0) is 0 Å². The second-order valence-electron chi connectivity index (χ2n) is 8.26. The highest BCUT2D eigenvalue weighted by molar-refractivity contribution is 6.01. The van der Waals surface area contributed by atoms with Gasteiger partial charge in [0, 0.05) is 11.3 Å². The van der Waals surface area contributed by atoms with Gasteiger partial charge in [0.05, 0.1) is 24.4 Å². The highest BCUT2D eigenvalue weighted by Gasteiger charge is 2.36. The number of hydrogen-bond acceptors (Lipinski definition) is 5. The van der Waals surface area contributed by atoms with E-state index in [9.17, 15) is 9.18 Å². The molecule has 0 aliphatic carbocycles. The van der Waals surface area contributed by atoms with Crippen molar-refractivity contribution >= 4 is 17.3 Å². The quantitative estimate of drug-likeness (QED) is 0.393. The molecule has 1 aromatic heterocycles. The summed E-state index contributed by atoms with van der Waals surface area (Å²) in [5, 5.41) is 7.16. The summed E-state index contributed by atoms with van der Waals surface area (Å²) in [6.07, 6.45) is 0. The van der Waals surface area contributed by atoms with Crippen LogP contribution in [0.15, 0.2) is 83.0 Å². The largest absolute Gasteiger partial charge is 0.497 e. The number of nitrogens with zero attached hydrogens (tertiary/aromatic N) is 3. The number of halogens is 1. The Morgan fingerprint density at radius 2 is 1.80 bits per heavy atom. The van der Waals surface area contributed by atoms with E-state index >= 15 is 0 Å². The molecule has 2 amide bonds. The van der Waals surface area contributed by atoms with Crippen LogP contribution in [-0.4, -0.2) is 23.3 Å². The Morgan fingerprint density at radius 1 is 1.03 bits per heavy atom. The minimum absolute atomic E-state index is 0.236. The molecule has 1 aliphatic heterocycles. The van der Waals surface area contributed by atoms with E-state index < -0.39 is 11.9 Å². The second-order valence-corrected chi connectivity index (χ2v) is 8.26. The summed E-state index contributed by atoms with van der Waals surface area (Å²) in [5.41, 5.74) is 4.35. The number of amides is 2. The molecule has 3 aromatic carbocycles. The van der Waals surface area contributed by atoms with Crippen molar-refractivity contribution in [2.45, 2.75) is 19.9 Å². The molecule has 0 saturated carbocycles. The van der Waals surface area contributed by atoms with Gasteiger partial charge in [-0.25, -0.2) is 9.18 Å². The summed E-state index contributed by atoms with van der Waals surface area (Å²) in [4.78, 5) is 19.5. The van der Waals surface area contributed by atoms with Gasteiger partial charge < -0.3 is 14.6 Å². The zero-order valence-corrected chi connectivity index (χ0v) is 19.4. The lowest BCUT2D eigenvalue weighted by Crippen LogP contribution is -2.46. The van der Waals surface area contributed by atoms with E-state index in [0.717, 1.165) is 16.8 Å². The monoisotopic (exact) mass is 470 g/mol. The number of hydrogen-bond donors (Lipinski definition) is 1. The van der Waals surface area contributed by atoms with Gasteiger partial charge in [-0.2, -0.15) is 4.98 Å². The summed E-state index contributed by atoms with van der Waals surface area (Å²) in [7, 11) is 1.60. The fourth-order valence-corrected chi connectivity index (χ4v) is 4.22. The fourth-order valence-electron chi connectivity index (χ4n) is 4.22. The molecule has 1 aliphatic rings. The fraction of sp³-hybridized carbons (Fsp3) is 0.148. The smallest absolute Gasteiger partial charge is 0.326 e. The molecule has 0 fully saturated rings. The summed E-state index contributed by atoms with van der Waals surface area (Å²) >= 11 is 0. The van der Waals surface area contributed by atoms with Crippen LogP contribution < -0.4 is 15.0 Å². The topological polar surface area (TPSA) is 80.5 Å². The van der Waals surface area contributed by atoms with Crippen LogP contribution in [0.1, 0.15) is 30.0 Å². The Balaban J connectivity index is 1.65. The van der Waals surface area contributed by atoms with Gasteiger partial charge >= 0.3 is 6.03 Å². The van der Waals surface area contributed by atoms with Gasteiger partial charge in [0.25, 0.3) is 5.89 Å². The third-order valence-electron chi connectivity index (χ3n) is 5.93. The number of allylic oxidation sites excluding steroid dienone is 1. The molecule has 1 unspecified atom stereocenters. The van der Waals surface area contributed by atoms with E-state index in [1.807, 2.05) is 62.4 Å². The number of ether oxygens (including phenoxy) is 1. The maximum absolute atomic E-state index is 13.8.